The van der Waals surface area contributed by atoms with E-state index in [1.807, 2.05) is 59.3 Å². The summed E-state index contributed by atoms with van der Waals surface area (Å²) in [6.45, 7) is 1.01. The molecule has 2 N–H and O–H groups in total. The maximum Gasteiger partial charge on any atom is 0.261 e. The fourth-order valence-corrected chi connectivity index (χ4v) is 3.05. The predicted octanol–water partition coefficient (Wildman–Crippen LogP) is 2.70. The molecule has 0 saturated carbocycles. The number of hydrogen-bond donors (Lipinski definition) is 2. The van der Waals surface area contributed by atoms with Crippen molar-refractivity contribution in [3.8, 4) is 0 Å². The number of nitrogens with one attached hydrogen (secondary N) is 2. The molecule has 0 spiro atoms. The molecule has 6 heteroatoms. The van der Waals surface area contributed by atoms with Crippen molar-refractivity contribution in [2.45, 2.75) is 13.1 Å². The molecule has 0 unspecified atom stereocenters. The van der Waals surface area contributed by atoms with E-state index in [-0.39, 0.29) is 11.5 Å². The van der Waals surface area contributed by atoms with Gasteiger partial charge in [0.15, 0.2) is 0 Å². The molecule has 0 atom stereocenters. The molecular formula is C21H18N4O2. The number of amides is 1. The standard InChI is InChI=1S/C21H18N4O2/c26-20(18-11-15-5-3-4-8-19(15)24-21(18)27)23-12-16-6-1-2-7-17(16)13-25-10-9-22-14-25/h1-11,14H,12-13H2,(H,23,26)(H,24,27). The molecule has 1 amide bonds. The molecule has 0 radical (unpaired) electrons. The van der Waals surface area contributed by atoms with Crippen LogP contribution in [-0.4, -0.2) is 20.4 Å². The minimum absolute atomic E-state index is 0.112. The number of H-pyrrole nitrogens is 1. The van der Waals surface area contributed by atoms with E-state index in [0.717, 1.165) is 16.5 Å². The lowest BCUT2D eigenvalue weighted by Crippen LogP contribution is -2.29. The highest BCUT2D eigenvalue weighted by atomic mass is 16.2. The summed E-state index contributed by atoms with van der Waals surface area (Å²) in [6.07, 6.45) is 5.38. The van der Waals surface area contributed by atoms with Crippen molar-refractivity contribution in [2.24, 2.45) is 0 Å². The molecule has 2 aromatic heterocycles. The third-order valence-corrected chi connectivity index (χ3v) is 4.47. The molecule has 4 aromatic rings. The Bertz CT molecular complexity index is 1150. The minimum atomic E-state index is -0.391. The first-order valence-corrected chi connectivity index (χ1v) is 8.63. The summed E-state index contributed by atoms with van der Waals surface area (Å²) >= 11 is 0. The number of hydrogen-bond acceptors (Lipinski definition) is 3. The van der Waals surface area contributed by atoms with Gasteiger partial charge in [-0.05, 0) is 28.6 Å². The van der Waals surface area contributed by atoms with Gasteiger partial charge in [0.1, 0.15) is 5.56 Å². The summed E-state index contributed by atoms with van der Waals surface area (Å²) in [5.74, 6) is -0.389. The Labute approximate surface area is 155 Å². The van der Waals surface area contributed by atoms with Crippen LogP contribution in [0, 0.1) is 0 Å². The monoisotopic (exact) mass is 358 g/mol. The zero-order valence-electron chi connectivity index (χ0n) is 14.6. The highest BCUT2D eigenvalue weighted by Gasteiger charge is 2.12. The maximum absolute atomic E-state index is 12.6. The van der Waals surface area contributed by atoms with Crippen LogP contribution in [0.1, 0.15) is 21.5 Å². The molecule has 0 bridgehead atoms. The molecule has 134 valence electrons. The predicted molar refractivity (Wildman–Crippen MR) is 104 cm³/mol. The smallest absolute Gasteiger partial charge is 0.261 e. The van der Waals surface area contributed by atoms with E-state index in [0.29, 0.717) is 18.6 Å². The third kappa shape index (κ3) is 3.64. The Morgan fingerprint density at radius 1 is 1.07 bits per heavy atom. The Kier molecular flexibility index (Phi) is 4.53. The van der Waals surface area contributed by atoms with Crippen LogP contribution in [0.15, 0.2) is 78.1 Å². The highest BCUT2D eigenvalue weighted by molar-refractivity contribution is 5.97. The SMILES string of the molecule is O=C(NCc1ccccc1Cn1ccnc1)c1cc2ccccc2[nH]c1=O. The molecular weight excluding hydrogens is 340 g/mol. The van der Waals surface area contributed by atoms with Crippen LogP contribution in [0.25, 0.3) is 10.9 Å². The lowest BCUT2D eigenvalue weighted by atomic mass is 10.1. The molecule has 0 aliphatic rings. The summed E-state index contributed by atoms with van der Waals surface area (Å²) in [5.41, 5.74) is 2.52. The zero-order valence-corrected chi connectivity index (χ0v) is 14.6. The van der Waals surface area contributed by atoms with Gasteiger partial charge in [-0.3, -0.25) is 9.59 Å². The van der Waals surface area contributed by atoms with Gasteiger partial charge in [0.25, 0.3) is 11.5 Å². The van der Waals surface area contributed by atoms with Gasteiger partial charge in [-0.15, -0.1) is 0 Å². The van der Waals surface area contributed by atoms with E-state index < -0.39 is 5.56 Å². The Balaban J connectivity index is 1.53. The van der Waals surface area contributed by atoms with Crippen molar-refractivity contribution in [3.63, 3.8) is 0 Å². The molecule has 6 nitrogen and oxygen atoms in total. The topological polar surface area (TPSA) is 79.8 Å². The van der Waals surface area contributed by atoms with Crippen molar-refractivity contribution in [3.05, 3.63) is 100 Å². The van der Waals surface area contributed by atoms with Crippen molar-refractivity contribution in [1.82, 2.24) is 19.9 Å². The zero-order chi connectivity index (χ0) is 18.6. The first kappa shape index (κ1) is 16.8. The van der Waals surface area contributed by atoms with E-state index in [4.69, 9.17) is 0 Å². The number of imidazole rings is 1. The second-order valence-corrected chi connectivity index (χ2v) is 6.29. The van der Waals surface area contributed by atoms with Gasteiger partial charge >= 0.3 is 0 Å². The quantitative estimate of drug-likeness (QED) is 0.576. The van der Waals surface area contributed by atoms with Crippen LogP contribution in [0.4, 0.5) is 0 Å². The number of para-hydroxylation sites is 1. The number of fused-ring (bicyclic) bond motifs is 1. The Hall–Kier alpha value is -3.67. The van der Waals surface area contributed by atoms with Gasteiger partial charge in [0, 0.05) is 31.0 Å². The fraction of sp³-hybridized carbons (Fsp3) is 0.0952. The van der Waals surface area contributed by atoms with Gasteiger partial charge < -0.3 is 14.9 Å². The van der Waals surface area contributed by atoms with E-state index in [1.165, 1.54) is 0 Å². The molecule has 2 heterocycles. The van der Waals surface area contributed by atoms with Gasteiger partial charge in [-0.1, -0.05) is 42.5 Å². The molecule has 2 aromatic carbocycles. The number of pyridine rings is 1. The van der Waals surface area contributed by atoms with Crippen molar-refractivity contribution in [2.75, 3.05) is 0 Å². The molecule has 0 fully saturated rings. The van der Waals surface area contributed by atoms with E-state index in [2.05, 4.69) is 15.3 Å². The van der Waals surface area contributed by atoms with Gasteiger partial charge in [-0.25, -0.2) is 4.98 Å². The third-order valence-electron chi connectivity index (χ3n) is 4.47. The number of nitrogens with zero attached hydrogens (tertiary/aromatic N) is 2. The normalized spacial score (nSPS) is 10.8. The lowest BCUT2D eigenvalue weighted by Gasteiger charge is -2.11. The number of aromatic nitrogens is 3. The Morgan fingerprint density at radius 2 is 1.85 bits per heavy atom. The molecule has 0 aliphatic carbocycles. The number of aromatic amines is 1. The average molecular weight is 358 g/mol. The van der Waals surface area contributed by atoms with Crippen LogP contribution < -0.4 is 10.9 Å². The van der Waals surface area contributed by atoms with Crippen LogP contribution in [0.5, 0.6) is 0 Å². The molecule has 4 rings (SSSR count). The Morgan fingerprint density at radius 3 is 2.67 bits per heavy atom. The number of carbonyl (C=O) groups excluding carboxylic acids is 1. The maximum atomic E-state index is 12.6. The lowest BCUT2D eigenvalue weighted by molar-refractivity contribution is 0.0949. The molecule has 0 aliphatic heterocycles. The largest absolute Gasteiger partial charge is 0.348 e. The van der Waals surface area contributed by atoms with Crippen LogP contribution >= 0.6 is 0 Å². The van der Waals surface area contributed by atoms with Crippen molar-refractivity contribution in [1.29, 1.82) is 0 Å². The first-order valence-electron chi connectivity index (χ1n) is 8.63. The molecule has 27 heavy (non-hydrogen) atoms. The van der Waals surface area contributed by atoms with Crippen LogP contribution in [0.2, 0.25) is 0 Å². The number of carbonyl (C=O) groups is 1. The molecule has 0 saturated heterocycles. The number of rotatable bonds is 5. The van der Waals surface area contributed by atoms with E-state index in [1.54, 1.807) is 18.6 Å². The minimum Gasteiger partial charge on any atom is -0.348 e. The van der Waals surface area contributed by atoms with E-state index in [9.17, 15) is 9.59 Å². The fourth-order valence-electron chi connectivity index (χ4n) is 3.05. The highest BCUT2D eigenvalue weighted by Crippen LogP contribution is 2.12. The summed E-state index contributed by atoms with van der Waals surface area (Å²) in [4.78, 5) is 31.6. The van der Waals surface area contributed by atoms with Crippen molar-refractivity contribution < 1.29 is 4.79 Å². The summed E-state index contributed by atoms with van der Waals surface area (Å²) in [6, 6.07) is 16.9. The van der Waals surface area contributed by atoms with Gasteiger partial charge in [0.05, 0.1) is 6.33 Å². The van der Waals surface area contributed by atoms with Crippen molar-refractivity contribution >= 4 is 16.8 Å². The number of benzene rings is 2. The van der Waals surface area contributed by atoms with E-state index >= 15 is 0 Å². The summed E-state index contributed by atoms with van der Waals surface area (Å²) in [7, 11) is 0. The van der Waals surface area contributed by atoms with Gasteiger partial charge in [-0.2, -0.15) is 0 Å². The van der Waals surface area contributed by atoms with Gasteiger partial charge in [0.2, 0.25) is 0 Å². The summed E-state index contributed by atoms with van der Waals surface area (Å²) in [5, 5.41) is 3.68. The first-order chi connectivity index (χ1) is 13.2. The second-order valence-electron chi connectivity index (χ2n) is 6.29. The summed E-state index contributed by atoms with van der Waals surface area (Å²) < 4.78 is 1.97. The van der Waals surface area contributed by atoms with Crippen LogP contribution in [0.3, 0.4) is 0 Å². The van der Waals surface area contributed by atoms with Crippen LogP contribution in [-0.2, 0) is 13.1 Å². The second kappa shape index (κ2) is 7.29. The average Bonchev–Trinajstić information content (AvgIpc) is 3.19.